The van der Waals surface area contributed by atoms with E-state index in [0.29, 0.717) is 22.3 Å². The van der Waals surface area contributed by atoms with Crippen molar-refractivity contribution in [1.82, 2.24) is 14.5 Å². The Bertz CT molecular complexity index is 1370. The monoisotopic (exact) mass is 456 g/mol. The largest absolute Gasteiger partial charge is 0.350 e. The molecule has 1 aromatic carbocycles. The predicted molar refractivity (Wildman–Crippen MR) is 119 cm³/mol. The fourth-order valence-corrected chi connectivity index (χ4v) is 4.62. The molecule has 0 aliphatic carbocycles. The average Bonchev–Trinajstić information content (AvgIpc) is 3.45. The summed E-state index contributed by atoms with van der Waals surface area (Å²) in [6, 6.07) is 11.3. The maximum absolute atomic E-state index is 13.1. The van der Waals surface area contributed by atoms with E-state index in [0.717, 1.165) is 9.44 Å². The molecule has 0 fully saturated rings. The Balaban J connectivity index is 1.65. The molecule has 0 atom stereocenters. The van der Waals surface area contributed by atoms with Crippen molar-refractivity contribution in [3.63, 3.8) is 0 Å². The molecule has 0 unspecified atom stereocenters. The van der Waals surface area contributed by atoms with Gasteiger partial charge in [0.1, 0.15) is 11.2 Å². The first-order valence-electron chi connectivity index (χ1n) is 9.17. The van der Waals surface area contributed by atoms with Crippen LogP contribution >= 0.6 is 22.7 Å². The lowest BCUT2D eigenvalue weighted by Gasteiger charge is -2.12. The lowest BCUT2D eigenvalue weighted by atomic mass is 10.2. The van der Waals surface area contributed by atoms with Gasteiger partial charge in [-0.05, 0) is 28.5 Å². The average molecular weight is 457 g/mol. The molecule has 4 rings (SSSR count). The maximum Gasteiger partial charge on any atom is 0.332 e. The smallest absolute Gasteiger partial charge is 0.332 e. The third kappa shape index (κ3) is 4.32. The number of carbonyl (C=O) groups is 1. The maximum atomic E-state index is 13.1. The van der Waals surface area contributed by atoms with Crippen LogP contribution in [-0.2, 0) is 24.4 Å². The number of rotatable bonds is 7. The second-order valence-corrected chi connectivity index (χ2v) is 8.62. The van der Waals surface area contributed by atoms with Gasteiger partial charge in [-0.3, -0.25) is 24.3 Å². The van der Waals surface area contributed by atoms with Gasteiger partial charge in [0.05, 0.1) is 23.5 Å². The van der Waals surface area contributed by atoms with Gasteiger partial charge in [-0.2, -0.15) is 0 Å². The minimum Gasteiger partial charge on any atom is -0.350 e. The molecular weight excluding hydrogens is 440 g/mol. The highest BCUT2D eigenvalue weighted by atomic mass is 32.1. The molecule has 3 heterocycles. The van der Waals surface area contributed by atoms with Crippen LogP contribution in [0.2, 0.25) is 0 Å². The van der Waals surface area contributed by atoms with E-state index in [-0.39, 0.29) is 12.2 Å². The standard InChI is InChI=1S/C20H16N4O5S2/c25-17(21-10-15-2-1-8-30-15)12-23-19(26)18-16(7-9-31-18)22(20(23)27)11-13-3-5-14(6-4-13)24(28)29/h1-9H,10-12H2,(H,21,25). The molecule has 0 aliphatic rings. The molecule has 158 valence electrons. The van der Waals surface area contributed by atoms with Gasteiger partial charge < -0.3 is 5.32 Å². The van der Waals surface area contributed by atoms with Crippen molar-refractivity contribution in [2.75, 3.05) is 0 Å². The predicted octanol–water partition coefficient (Wildman–Crippen LogP) is 2.56. The van der Waals surface area contributed by atoms with E-state index in [1.54, 1.807) is 23.6 Å². The van der Waals surface area contributed by atoms with Crippen LogP contribution in [0.25, 0.3) is 10.2 Å². The number of fused-ring (bicyclic) bond motifs is 1. The van der Waals surface area contributed by atoms with E-state index < -0.39 is 28.6 Å². The van der Waals surface area contributed by atoms with Crippen LogP contribution < -0.4 is 16.6 Å². The fraction of sp³-hybridized carbons (Fsp3) is 0.150. The number of hydrogen-bond acceptors (Lipinski definition) is 7. The van der Waals surface area contributed by atoms with Gasteiger partial charge >= 0.3 is 5.69 Å². The second kappa shape index (κ2) is 8.66. The Morgan fingerprint density at radius 3 is 2.48 bits per heavy atom. The van der Waals surface area contributed by atoms with Crippen molar-refractivity contribution in [2.24, 2.45) is 0 Å². The summed E-state index contributed by atoms with van der Waals surface area (Å²) >= 11 is 2.69. The molecule has 3 aromatic heterocycles. The third-order valence-electron chi connectivity index (χ3n) is 4.67. The Morgan fingerprint density at radius 1 is 1.03 bits per heavy atom. The number of hydrogen-bond donors (Lipinski definition) is 1. The molecule has 0 saturated heterocycles. The van der Waals surface area contributed by atoms with E-state index in [4.69, 9.17) is 0 Å². The summed E-state index contributed by atoms with van der Waals surface area (Å²) in [6.07, 6.45) is 0. The van der Waals surface area contributed by atoms with Crippen LogP contribution in [0, 0.1) is 10.1 Å². The quantitative estimate of drug-likeness (QED) is 0.339. The van der Waals surface area contributed by atoms with Gasteiger partial charge in [-0.1, -0.05) is 18.2 Å². The van der Waals surface area contributed by atoms with Crippen LogP contribution in [0.4, 0.5) is 5.69 Å². The van der Waals surface area contributed by atoms with Gasteiger partial charge in [0.2, 0.25) is 5.91 Å². The lowest BCUT2D eigenvalue weighted by molar-refractivity contribution is -0.384. The molecule has 0 spiro atoms. The minimum atomic E-state index is -0.611. The summed E-state index contributed by atoms with van der Waals surface area (Å²) < 4.78 is 2.70. The van der Waals surface area contributed by atoms with Gasteiger partial charge in [0, 0.05) is 17.0 Å². The zero-order chi connectivity index (χ0) is 22.0. The fourth-order valence-electron chi connectivity index (χ4n) is 3.13. The number of nitrogens with zero attached hydrogens (tertiary/aromatic N) is 3. The SMILES string of the molecule is O=C(Cn1c(=O)c2sccc2n(Cc2ccc([N+](=O)[O-])cc2)c1=O)NCc1cccs1. The first-order chi connectivity index (χ1) is 14.9. The molecule has 0 saturated carbocycles. The number of non-ortho nitro benzene ring substituents is 1. The molecule has 31 heavy (non-hydrogen) atoms. The van der Waals surface area contributed by atoms with Crippen molar-refractivity contribution < 1.29 is 9.72 Å². The van der Waals surface area contributed by atoms with Crippen molar-refractivity contribution in [2.45, 2.75) is 19.6 Å². The zero-order valence-electron chi connectivity index (χ0n) is 16.0. The summed E-state index contributed by atoms with van der Waals surface area (Å²) in [5.41, 5.74) is -0.0490. The molecule has 11 heteroatoms. The zero-order valence-corrected chi connectivity index (χ0v) is 17.6. The summed E-state index contributed by atoms with van der Waals surface area (Å²) in [7, 11) is 0. The number of amides is 1. The van der Waals surface area contributed by atoms with Gasteiger partial charge in [0.15, 0.2) is 0 Å². The summed E-state index contributed by atoms with van der Waals surface area (Å²) in [5, 5.41) is 17.2. The molecule has 0 aliphatic heterocycles. The van der Waals surface area contributed by atoms with E-state index in [9.17, 15) is 24.5 Å². The number of nitrogens with one attached hydrogen (secondary N) is 1. The van der Waals surface area contributed by atoms with Gasteiger partial charge in [-0.15, -0.1) is 22.7 Å². The molecule has 9 nitrogen and oxygen atoms in total. The highest BCUT2D eigenvalue weighted by Gasteiger charge is 2.17. The number of carbonyl (C=O) groups excluding carboxylic acids is 1. The van der Waals surface area contributed by atoms with Crippen LogP contribution in [0.5, 0.6) is 0 Å². The minimum absolute atomic E-state index is 0.0517. The molecule has 0 bridgehead atoms. The van der Waals surface area contributed by atoms with Crippen LogP contribution in [0.3, 0.4) is 0 Å². The Morgan fingerprint density at radius 2 is 1.81 bits per heavy atom. The second-order valence-electron chi connectivity index (χ2n) is 6.67. The van der Waals surface area contributed by atoms with E-state index in [1.165, 1.54) is 39.4 Å². The topological polar surface area (TPSA) is 116 Å². The van der Waals surface area contributed by atoms with Crippen molar-refractivity contribution in [3.05, 3.63) is 94.6 Å². The van der Waals surface area contributed by atoms with Crippen LogP contribution in [-0.4, -0.2) is 20.0 Å². The number of thiophene rings is 2. The molecule has 1 amide bonds. The third-order valence-corrected chi connectivity index (χ3v) is 6.43. The first kappa shape index (κ1) is 20.7. The number of aromatic nitrogens is 2. The molecule has 1 N–H and O–H groups in total. The highest BCUT2D eigenvalue weighted by molar-refractivity contribution is 7.17. The van der Waals surface area contributed by atoms with Crippen molar-refractivity contribution in [1.29, 1.82) is 0 Å². The van der Waals surface area contributed by atoms with E-state index in [1.807, 2.05) is 17.5 Å². The number of nitro benzene ring substituents is 1. The van der Waals surface area contributed by atoms with Crippen LogP contribution in [0.15, 0.2) is 62.8 Å². The Kier molecular flexibility index (Phi) is 5.78. The van der Waals surface area contributed by atoms with Crippen molar-refractivity contribution >= 4 is 44.5 Å². The molecule has 0 radical (unpaired) electrons. The Hall–Kier alpha value is -3.57. The van der Waals surface area contributed by atoms with E-state index >= 15 is 0 Å². The van der Waals surface area contributed by atoms with Crippen LogP contribution in [0.1, 0.15) is 10.4 Å². The Labute approximate surface area is 183 Å². The van der Waals surface area contributed by atoms with Gasteiger partial charge in [-0.25, -0.2) is 9.36 Å². The van der Waals surface area contributed by atoms with Crippen molar-refractivity contribution in [3.8, 4) is 0 Å². The number of benzene rings is 1. The molecular formula is C20H16N4O5S2. The van der Waals surface area contributed by atoms with E-state index in [2.05, 4.69) is 5.32 Å². The summed E-state index contributed by atoms with van der Waals surface area (Å²) in [6.45, 7) is 0.0434. The lowest BCUT2D eigenvalue weighted by Crippen LogP contribution is -2.43. The first-order valence-corrected chi connectivity index (χ1v) is 10.9. The normalized spacial score (nSPS) is 11.0. The summed E-state index contributed by atoms with van der Waals surface area (Å²) in [4.78, 5) is 49.6. The van der Waals surface area contributed by atoms with Gasteiger partial charge in [0.25, 0.3) is 11.2 Å². The number of nitro groups is 1. The highest BCUT2D eigenvalue weighted by Crippen LogP contribution is 2.18. The summed E-state index contributed by atoms with van der Waals surface area (Å²) in [5.74, 6) is -0.439. The molecule has 4 aromatic rings.